The van der Waals surface area contributed by atoms with Crippen molar-refractivity contribution in [2.75, 3.05) is 6.54 Å². The Morgan fingerprint density at radius 1 is 0.871 bits per heavy atom. The van der Waals surface area contributed by atoms with Gasteiger partial charge in [-0.05, 0) is 54.8 Å². The van der Waals surface area contributed by atoms with E-state index in [0.717, 1.165) is 43.1 Å². The number of hydrogen-bond donors (Lipinski definition) is 3. The van der Waals surface area contributed by atoms with Crippen LogP contribution >= 0.6 is 0 Å². The van der Waals surface area contributed by atoms with E-state index in [2.05, 4.69) is 22.8 Å². The van der Waals surface area contributed by atoms with Gasteiger partial charge in [0.2, 0.25) is 0 Å². The minimum Gasteiger partial charge on any atom is -0.480 e. The standard InChI is InChI=1S/C26H30N2O3/c1-26(25(30)31,16-8-3-9-17-27-19-20-10-4-2-5-11-20)28-24(29)23-15-14-21-12-6-7-13-22(21)18-23/h2,4-7,10-15,18,27H,3,8-9,16-17,19H2,1H3,(H,28,29)(H,30,31). The fraction of sp³-hybridized carbons (Fsp3) is 0.308. The maximum absolute atomic E-state index is 12.7. The maximum atomic E-state index is 12.7. The van der Waals surface area contributed by atoms with Gasteiger partial charge < -0.3 is 15.7 Å². The second-order valence-corrected chi connectivity index (χ2v) is 8.13. The Kier molecular flexibility index (Phi) is 7.79. The third-order valence-corrected chi connectivity index (χ3v) is 5.58. The number of carboxylic acids is 1. The van der Waals surface area contributed by atoms with Gasteiger partial charge in [0.1, 0.15) is 5.54 Å². The molecule has 1 amide bonds. The predicted octanol–water partition coefficient (Wildman–Crippen LogP) is 4.76. The number of amides is 1. The first-order chi connectivity index (χ1) is 15.0. The molecule has 31 heavy (non-hydrogen) atoms. The molecule has 0 aromatic heterocycles. The van der Waals surface area contributed by atoms with Gasteiger partial charge in [0.05, 0.1) is 0 Å². The Bertz CT molecular complexity index is 1020. The molecular weight excluding hydrogens is 388 g/mol. The van der Waals surface area contributed by atoms with Gasteiger partial charge >= 0.3 is 5.97 Å². The molecule has 0 radical (unpaired) electrons. The molecule has 0 saturated carbocycles. The van der Waals surface area contributed by atoms with Crippen LogP contribution in [0.4, 0.5) is 0 Å². The molecule has 0 heterocycles. The summed E-state index contributed by atoms with van der Waals surface area (Å²) in [5.41, 5.74) is 0.425. The monoisotopic (exact) mass is 418 g/mol. The summed E-state index contributed by atoms with van der Waals surface area (Å²) in [5, 5.41) is 17.9. The molecule has 0 aliphatic carbocycles. The molecule has 3 rings (SSSR count). The maximum Gasteiger partial charge on any atom is 0.329 e. The quantitative estimate of drug-likeness (QED) is 0.392. The van der Waals surface area contributed by atoms with E-state index in [1.54, 1.807) is 19.1 Å². The van der Waals surface area contributed by atoms with Crippen LogP contribution < -0.4 is 10.6 Å². The summed E-state index contributed by atoms with van der Waals surface area (Å²) in [5.74, 6) is -1.37. The van der Waals surface area contributed by atoms with Crippen LogP contribution in [0.2, 0.25) is 0 Å². The number of carbonyl (C=O) groups is 2. The number of unbranched alkanes of at least 4 members (excludes halogenated alkanes) is 2. The topological polar surface area (TPSA) is 78.4 Å². The van der Waals surface area contributed by atoms with Crippen molar-refractivity contribution < 1.29 is 14.7 Å². The first kappa shape index (κ1) is 22.5. The molecule has 1 unspecified atom stereocenters. The van der Waals surface area contributed by atoms with Crippen molar-refractivity contribution in [3.8, 4) is 0 Å². The van der Waals surface area contributed by atoms with Gasteiger partial charge in [-0.25, -0.2) is 4.79 Å². The largest absolute Gasteiger partial charge is 0.480 e. The van der Waals surface area contributed by atoms with Gasteiger partial charge in [-0.2, -0.15) is 0 Å². The third kappa shape index (κ3) is 6.40. The molecule has 3 N–H and O–H groups in total. The van der Waals surface area contributed by atoms with Gasteiger partial charge in [-0.15, -0.1) is 0 Å². The molecule has 0 spiro atoms. The lowest BCUT2D eigenvalue weighted by atomic mass is 9.93. The fourth-order valence-corrected chi connectivity index (χ4v) is 3.61. The lowest BCUT2D eigenvalue weighted by Gasteiger charge is -2.26. The van der Waals surface area contributed by atoms with E-state index in [9.17, 15) is 14.7 Å². The molecule has 162 valence electrons. The lowest BCUT2D eigenvalue weighted by Crippen LogP contribution is -2.52. The van der Waals surface area contributed by atoms with Crippen LogP contribution in [0.15, 0.2) is 72.8 Å². The Morgan fingerprint density at radius 3 is 2.32 bits per heavy atom. The SMILES string of the molecule is CC(CCCCCNCc1ccccc1)(NC(=O)c1ccc2ccccc2c1)C(=O)O. The molecular formula is C26H30N2O3. The molecule has 0 aliphatic heterocycles. The molecule has 0 saturated heterocycles. The highest BCUT2D eigenvalue weighted by Crippen LogP contribution is 2.19. The molecule has 3 aromatic rings. The number of hydrogen-bond acceptors (Lipinski definition) is 3. The molecule has 1 atom stereocenters. The highest BCUT2D eigenvalue weighted by atomic mass is 16.4. The highest BCUT2D eigenvalue weighted by molar-refractivity contribution is 6.00. The summed E-state index contributed by atoms with van der Waals surface area (Å²) in [6.45, 7) is 3.29. The second kappa shape index (κ2) is 10.7. The first-order valence-corrected chi connectivity index (χ1v) is 10.8. The van der Waals surface area contributed by atoms with Crippen LogP contribution in [-0.2, 0) is 11.3 Å². The van der Waals surface area contributed by atoms with Crippen molar-refractivity contribution in [2.24, 2.45) is 0 Å². The van der Waals surface area contributed by atoms with E-state index < -0.39 is 11.5 Å². The van der Waals surface area contributed by atoms with Crippen LogP contribution in [0.1, 0.15) is 48.5 Å². The van der Waals surface area contributed by atoms with Crippen LogP contribution in [0.5, 0.6) is 0 Å². The zero-order valence-corrected chi connectivity index (χ0v) is 17.9. The van der Waals surface area contributed by atoms with E-state index in [1.807, 2.05) is 48.5 Å². The second-order valence-electron chi connectivity index (χ2n) is 8.13. The van der Waals surface area contributed by atoms with Crippen LogP contribution in [0.25, 0.3) is 10.8 Å². The lowest BCUT2D eigenvalue weighted by molar-refractivity contribution is -0.144. The number of carbonyl (C=O) groups excluding carboxylic acids is 1. The Morgan fingerprint density at radius 2 is 1.58 bits per heavy atom. The van der Waals surface area contributed by atoms with Crippen molar-refractivity contribution in [1.82, 2.24) is 10.6 Å². The van der Waals surface area contributed by atoms with Crippen molar-refractivity contribution in [3.05, 3.63) is 83.9 Å². The van der Waals surface area contributed by atoms with Crippen molar-refractivity contribution >= 4 is 22.6 Å². The van der Waals surface area contributed by atoms with Gasteiger partial charge in [-0.1, -0.05) is 73.5 Å². The number of fused-ring (bicyclic) bond motifs is 1. The van der Waals surface area contributed by atoms with Crippen molar-refractivity contribution in [2.45, 2.75) is 44.7 Å². The van der Waals surface area contributed by atoms with E-state index >= 15 is 0 Å². The Balaban J connectivity index is 1.46. The molecule has 3 aromatic carbocycles. The number of aliphatic carboxylic acids is 1. The van der Waals surface area contributed by atoms with Crippen molar-refractivity contribution in [1.29, 1.82) is 0 Å². The molecule has 5 heteroatoms. The average molecular weight is 419 g/mol. The molecule has 0 aliphatic rings. The molecule has 5 nitrogen and oxygen atoms in total. The van der Waals surface area contributed by atoms with Gasteiger partial charge in [0.25, 0.3) is 5.91 Å². The summed E-state index contributed by atoms with van der Waals surface area (Å²) < 4.78 is 0. The van der Waals surface area contributed by atoms with Crippen LogP contribution in [0, 0.1) is 0 Å². The normalized spacial score (nSPS) is 12.9. The molecule has 0 fully saturated rings. The zero-order valence-electron chi connectivity index (χ0n) is 17.9. The van der Waals surface area contributed by atoms with Crippen LogP contribution in [0.3, 0.4) is 0 Å². The predicted molar refractivity (Wildman–Crippen MR) is 124 cm³/mol. The number of carboxylic acid groups (broad SMARTS) is 1. The van der Waals surface area contributed by atoms with E-state index in [1.165, 1.54) is 5.56 Å². The van der Waals surface area contributed by atoms with E-state index in [-0.39, 0.29) is 5.91 Å². The fourth-order valence-electron chi connectivity index (χ4n) is 3.61. The Labute approximate surface area is 183 Å². The Hall–Kier alpha value is -3.18. The summed E-state index contributed by atoms with van der Waals surface area (Å²) >= 11 is 0. The van der Waals surface area contributed by atoms with E-state index in [4.69, 9.17) is 0 Å². The van der Waals surface area contributed by atoms with Crippen LogP contribution in [-0.4, -0.2) is 29.1 Å². The van der Waals surface area contributed by atoms with Gasteiger partial charge in [0.15, 0.2) is 0 Å². The van der Waals surface area contributed by atoms with Crippen molar-refractivity contribution in [3.63, 3.8) is 0 Å². The minimum absolute atomic E-state index is 0.361. The van der Waals surface area contributed by atoms with E-state index in [0.29, 0.717) is 12.0 Å². The third-order valence-electron chi connectivity index (χ3n) is 5.58. The minimum atomic E-state index is -1.29. The summed E-state index contributed by atoms with van der Waals surface area (Å²) in [7, 11) is 0. The van der Waals surface area contributed by atoms with Gasteiger partial charge in [0, 0.05) is 12.1 Å². The average Bonchev–Trinajstić information content (AvgIpc) is 2.78. The highest BCUT2D eigenvalue weighted by Gasteiger charge is 2.34. The summed E-state index contributed by atoms with van der Waals surface area (Å²) in [6.07, 6.45) is 2.98. The zero-order chi connectivity index (χ0) is 22.1. The first-order valence-electron chi connectivity index (χ1n) is 10.8. The number of rotatable bonds is 11. The summed E-state index contributed by atoms with van der Waals surface area (Å²) in [6, 6.07) is 23.4. The summed E-state index contributed by atoms with van der Waals surface area (Å²) in [4.78, 5) is 24.6. The number of nitrogens with one attached hydrogen (secondary N) is 2. The smallest absolute Gasteiger partial charge is 0.329 e. The number of benzene rings is 3. The molecule has 0 bridgehead atoms. The van der Waals surface area contributed by atoms with Gasteiger partial charge in [-0.3, -0.25) is 4.79 Å².